The van der Waals surface area contributed by atoms with Crippen molar-refractivity contribution in [2.24, 2.45) is 11.8 Å². The van der Waals surface area contributed by atoms with Crippen molar-refractivity contribution in [3.05, 3.63) is 113 Å². The number of esters is 1. The van der Waals surface area contributed by atoms with E-state index in [0.29, 0.717) is 43.8 Å². The topological polar surface area (TPSA) is 91.7 Å². The molecule has 0 saturated carbocycles. The van der Waals surface area contributed by atoms with Crippen LogP contribution in [0.25, 0.3) is 0 Å². The van der Waals surface area contributed by atoms with Gasteiger partial charge < -0.3 is 24.4 Å². The Morgan fingerprint density at radius 2 is 1.83 bits per heavy atom. The highest BCUT2D eigenvalue weighted by Crippen LogP contribution is 2.36. The molecular formula is C41H48F2N6O3. The summed E-state index contributed by atoms with van der Waals surface area (Å²) < 4.78 is 36.4. The number of piperidine rings is 1. The van der Waals surface area contributed by atoms with Gasteiger partial charge in [-0.05, 0) is 86.0 Å². The normalized spacial score (nSPS) is 20.8. The van der Waals surface area contributed by atoms with E-state index in [9.17, 15) is 14.0 Å². The van der Waals surface area contributed by atoms with Crippen LogP contribution in [-0.4, -0.2) is 71.7 Å². The lowest BCUT2D eigenvalue weighted by Gasteiger charge is -2.34. The zero-order valence-corrected chi connectivity index (χ0v) is 30.0. The molecule has 3 aliphatic rings. The summed E-state index contributed by atoms with van der Waals surface area (Å²) in [6, 6.07) is 18.8. The number of hydrogen-bond acceptors (Lipinski definition) is 7. The van der Waals surface area contributed by atoms with E-state index in [0.717, 1.165) is 74.7 Å². The van der Waals surface area contributed by atoms with Gasteiger partial charge in [0.1, 0.15) is 11.6 Å². The smallest absolute Gasteiger partial charge is 0.309 e. The number of halogens is 2. The van der Waals surface area contributed by atoms with Crippen molar-refractivity contribution in [1.82, 2.24) is 19.8 Å². The summed E-state index contributed by atoms with van der Waals surface area (Å²) in [6.07, 6.45) is 6.82. The first kappa shape index (κ1) is 35.8. The number of imidazole rings is 1. The zero-order valence-electron chi connectivity index (χ0n) is 30.0. The van der Waals surface area contributed by atoms with Gasteiger partial charge in [0.25, 0.3) is 0 Å². The summed E-state index contributed by atoms with van der Waals surface area (Å²) in [5.74, 6) is -2.28. The highest BCUT2D eigenvalue weighted by molar-refractivity contribution is 5.92. The third-order valence-corrected chi connectivity index (χ3v) is 11.0. The van der Waals surface area contributed by atoms with E-state index < -0.39 is 23.5 Å². The fourth-order valence-electron chi connectivity index (χ4n) is 8.18. The first-order valence-corrected chi connectivity index (χ1v) is 18.6. The first-order chi connectivity index (χ1) is 25.2. The number of aromatic nitrogens is 2. The molecule has 0 radical (unpaired) electrons. The van der Waals surface area contributed by atoms with E-state index in [-0.39, 0.29) is 17.8 Å². The number of anilines is 2. The number of carbonyl (C=O) groups is 2. The fraction of sp³-hybridized carbons (Fsp3) is 0.439. The predicted octanol–water partition coefficient (Wildman–Crippen LogP) is 6.06. The first-order valence-electron chi connectivity index (χ1n) is 18.6. The predicted molar refractivity (Wildman–Crippen MR) is 197 cm³/mol. The molecule has 11 heteroatoms. The van der Waals surface area contributed by atoms with Gasteiger partial charge >= 0.3 is 5.97 Å². The van der Waals surface area contributed by atoms with Crippen LogP contribution in [0.1, 0.15) is 59.9 Å². The maximum absolute atomic E-state index is 15.2. The molecule has 4 heterocycles. The van der Waals surface area contributed by atoms with Gasteiger partial charge in [-0.25, -0.2) is 13.8 Å². The van der Waals surface area contributed by atoms with E-state index >= 15 is 4.39 Å². The van der Waals surface area contributed by atoms with Gasteiger partial charge in [-0.2, -0.15) is 0 Å². The summed E-state index contributed by atoms with van der Waals surface area (Å²) in [6.45, 7) is 8.81. The monoisotopic (exact) mass is 710 g/mol. The highest BCUT2D eigenvalue weighted by atomic mass is 19.1. The number of ether oxygens (including phenoxy) is 1. The second kappa shape index (κ2) is 16.0. The summed E-state index contributed by atoms with van der Waals surface area (Å²) in [7, 11) is 0. The van der Waals surface area contributed by atoms with Crippen molar-refractivity contribution in [2.45, 2.75) is 64.6 Å². The molecular weight excluding hydrogens is 662 g/mol. The number of rotatable bonds is 11. The maximum atomic E-state index is 15.2. The van der Waals surface area contributed by atoms with Crippen molar-refractivity contribution < 1.29 is 23.1 Å². The van der Waals surface area contributed by atoms with Crippen LogP contribution in [0, 0.1) is 30.4 Å². The van der Waals surface area contributed by atoms with Gasteiger partial charge in [-0.1, -0.05) is 42.5 Å². The second-order valence-electron chi connectivity index (χ2n) is 14.5. The number of likely N-dealkylation sites (tertiary alicyclic amines) is 1. The fourth-order valence-corrected chi connectivity index (χ4v) is 8.18. The van der Waals surface area contributed by atoms with Crippen LogP contribution in [0.5, 0.6) is 0 Å². The minimum absolute atomic E-state index is 0.0833. The second-order valence-corrected chi connectivity index (χ2v) is 14.5. The molecule has 0 bridgehead atoms. The molecule has 0 spiro atoms. The van der Waals surface area contributed by atoms with Crippen molar-refractivity contribution in [1.29, 1.82) is 0 Å². The Kier molecular flexibility index (Phi) is 11.0. The SMILES string of the molecule is CCOC(=O)C1CCN(c2cc(C)ccc2Cn2ccnc2NC(=O)[C@@H]2CN(CC[C@H]3Cc4ccccc4CN3)C[C@H]2c2ccc(F)cc2F)CC1. The van der Waals surface area contributed by atoms with Crippen LogP contribution in [-0.2, 0) is 33.8 Å². The highest BCUT2D eigenvalue weighted by Gasteiger charge is 2.40. The van der Waals surface area contributed by atoms with Gasteiger partial charge in [0.05, 0.1) is 25.0 Å². The molecule has 3 aliphatic heterocycles. The Bertz CT molecular complexity index is 1890. The molecule has 3 aromatic carbocycles. The van der Waals surface area contributed by atoms with Gasteiger partial charge in [-0.3, -0.25) is 14.9 Å². The van der Waals surface area contributed by atoms with Gasteiger partial charge in [0.15, 0.2) is 0 Å². The molecule has 52 heavy (non-hydrogen) atoms. The van der Waals surface area contributed by atoms with Gasteiger partial charge in [0.2, 0.25) is 11.9 Å². The van der Waals surface area contributed by atoms with Crippen LogP contribution >= 0.6 is 0 Å². The Hall–Kier alpha value is -4.61. The summed E-state index contributed by atoms with van der Waals surface area (Å²) in [5, 5.41) is 6.72. The van der Waals surface area contributed by atoms with Crippen LogP contribution in [0.3, 0.4) is 0 Å². The molecule has 3 atom stereocenters. The third kappa shape index (κ3) is 8.05. The molecule has 1 amide bonds. The molecule has 4 aromatic rings. The molecule has 2 fully saturated rings. The Morgan fingerprint density at radius 3 is 2.62 bits per heavy atom. The number of carbonyl (C=O) groups excluding carboxylic acids is 2. The number of benzene rings is 3. The Balaban J connectivity index is 1.04. The van der Waals surface area contributed by atoms with E-state index in [1.165, 1.54) is 23.3 Å². The number of fused-ring (bicyclic) bond motifs is 1. The van der Waals surface area contributed by atoms with E-state index in [1.54, 1.807) is 6.20 Å². The molecule has 0 aliphatic carbocycles. The standard InChI is InChI=1S/C41H48F2N6O3/c1-3-52-40(51)28-12-17-48(18-13-28)38-20-27(2)8-9-31(38)24-49-19-15-44-41(49)46-39(50)36-26-47(25-35(36)34-11-10-32(42)22-37(34)43)16-14-33-21-29-6-4-5-7-30(29)23-45-33/h4-11,15,19-20,22,28,33,35-36,45H,3,12-14,16-18,21,23-26H2,1-2H3,(H,44,46,50)/t33-,35-,36+/m0/s1. The molecule has 2 N–H and O–H groups in total. The Labute approximate surface area is 304 Å². The maximum Gasteiger partial charge on any atom is 0.309 e. The average molecular weight is 711 g/mol. The quantitative estimate of drug-likeness (QED) is 0.183. The summed E-state index contributed by atoms with van der Waals surface area (Å²) >= 11 is 0. The number of nitrogens with zero attached hydrogens (tertiary/aromatic N) is 4. The minimum Gasteiger partial charge on any atom is -0.466 e. The lowest BCUT2D eigenvalue weighted by Crippen LogP contribution is -2.38. The van der Waals surface area contributed by atoms with E-state index in [1.807, 2.05) is 17.7 Å². The van der Waals surface area contributed by atoms with Crippen molar-refractivity contribution >= 4 is 23.5 Å². The largest absolute Gasteiger partial charge is 0.466 e. The summed E-state index contributed by atoms with van der Waals surface area (Å²) in [4.78, 5) is 35.5. The van der Waals surface area contributed by atoms with Gasteiger partial charge in [0, 0.05) is 68.8 Å². The molecule has 9 nitrogen and oxygen atoms in total. The molecule has 0 unspecified atom stereocenters. The Morgan fingerprint density at radius 1 is 1.02 bits per heavy atom. The lowest BCUT2D eigenvalue weighted by atomic mass is 9.88. The average Bonchev–Trinajstić information content (AvgIpc) is 3.78. The van der Waals surface area contributed by atoms with Crippen molar-refractivity contribution in [3.8, 4) is 0 Å². The van der Waals surface area contributed by atoms with Crippen LogP contribution in [0.15, 0.2) is 73.1 Å². The molecule has 7 rings (SSSR count). The lowest BCUT2D eigenvalue weighted by molar-refractivity contribution is -0.148. The van der Waals surface area contributed by atoms with E-state index in [4.69, 9.17) is 4.74 Å². The molecule has 2 saturated heterocycles. The number of nitrogens with one attached hydrogen (secondary N) is 2. The van der Waals surface area contributed by atoms with Crippen LogP contribution in [0.2, 0.25) is 0 Å². The van der Waals surface area contributed by atoms with E-state index in [2.05, 4.69) is 74.8 Å². The van der Waals surface area contributed by atoms with Gasteiger partial charge in [-0.15, -0.1) is 0 Å². The number of aryl methyl sites for hydroxylation is 1. The minimum atomic E-state index is -0.637. The third-order valence-electron chi connectivity index (χ3n) is 11.0. The van der Waals surface area contributed by atoms with Crippen LogP contribution in [0.4, 0.5) is 20.4 Å². The van der Waals surface area contributed by atoms with Crippen molar-refractivity contribution in [2.75, 3.05) is 49.5 Å². The van der Waals surface area contributed by atoms with Crippen molar-refractivity contribution in [3.63, 3.8) is 0 Å². The molecule has 274 valence electrons. The van der Waals surface area contributed by atoms with Crippen LogP contribution < -0.4 is 15.5 Å². The zero-order chi connectivity index (χ0) is 36.2. The summed E-state index contributed by atoms with van der Waals surface area (Å²) in [5.41, 5.74) is 6.36. The number of hydrogen-bond donors (Lipinski definition) is 2. The number of amides is 1. The molecule has 1 aromatic heterocycles.